The van der Waals surface area contributed by atoms with Crippen LogP contribution < -0.4 is 5.56 Å². The number of hydrogen-bond acceptors (Lipinski definition) is 3. The van der Waals surface area contributed by atoms with Gasteiger partial charge < -0.3 is 9.55 Å². The van der Waals surface area contributed by atoms with Gasteiger partial charge in [0, 0.05) is 17.8 Å². The lowest BCUT2D eigenvalue weighted by atomic mass is 10.2. The quantitative estimate of drug-likeness (QED) is 0.896. The summed E-state index contributed by atoms with van der Waals surface area (Å²) in [4.78, 5) is 23.4. The maximum atomic E-state index is 11.9. The van der Waals surface area contributed by atoms with Gasteiger partial charge in [0.15, 0.2) is 5.82 Å². The van der Waals surface area contributed by atoms with E-state index in [1.807, 2.05) is 18.4 Å². The summed E-state index contributed by atoms with van der Waals surface area (Å²) in [5.41, 5.74) is 2.35. The van der Waals surface area contributed by atoms with E-state index in [0.29, 0.717) is 12.2 Å². The van der Waals surface area contributed by atoms with E-state index in [-0.39, 0.29) is 5.56 Å². The molecule has 0 spiro atoms. The molecule has 0 aliphatic rings. The number of nitrogens with one attached hydrogen (secondary N) is 1. The number of aryl methyl sites for hydroxylation is 2. The van der Waals surface area contributed by atoms with Gasteiger partial charge in [0.1, 0.15) is 5.69 Å². The molecule has 0 amide bonds. The van der Waals surface area contributed by atoms with E-state index in [9.17, 15) is 4.79 Å². The van der Waals surface area contributed by atoms with Crippen molar-refractivity contribution in [2.45, 2.75) is 40.2 Å². The van der Waals surface area contributed by atoms with Crippen LogP contribution in [0.25, 0.3) is 11.5 Å². The van der Waals surface area contributed by atoms with Crippen LogP contribution in [0, 0.1) is 6.92 Å². The Bertz CT molecular complexity index is 597. The van der Waals surface area contributed by atoms with Crippen molar-refractivity contribution < 1.29 is 0 Å². The highest BCUT2D eigenvalue weighted by Gasteiger charge is 2.11. The van der Waals surface area contributed by atoms with Crippen molar-refractivity contribution in [1.29, 1.82) is 0 Å². The number of hydrogen-bond donors (Lipinski definition) is 1. The van der Waals surface area contributed by atoms with Crippen LogP contribution >= 0.6 is 0 Å². The van der Waals surface area contributed by atoms with Gasteiger partial charge in [-0.15, -0.1) is 0 Å². The average molecular weight is 246 g/mol. The second-order valence-corrected chi connectivity index (χ2v) is 4.30. The van der Waals surface area contributed by atoms with E-state index in [0.717, 1.165) is 29.9 Å². The lowest BCUT2D eigenvalue weighted by molar-refractivity contribution is 0.680. The molecule has 0 aliphatic heterocycles. The Morgan fingerprint density at radius 2 is 2.17 bits per heavy atom. The minimum Gasteiger partial charge on any atom is -0.328 e. The second-order valence-electron chi connectivity index (χ2n) is 4.30. The molecular weight excluding hydrogens is 228 g/mol. The Morgan fingerprint density at radius 3 is 2.78 bits per heavy atom. The van der Waals surface area contributed by atoms with Gasteiger partial charge in [-0.05, 0) is 19.8 Å². The smallest absolute Gasteiger partial charge is 0.254 e. The molecule has 2 aromatic heterocycles. The maximum Gasteiger partial charge on any atom is 0.254 e. The molecule has 2 aromatic rings. The number of H-pyrrole nitrogens is 1. The van der Waals surface area contributed by atoms with Crippen LogP contribution in [-0.2, 0) is 13.0 Å². The molecule has 0 aliphatic carbocycles. The molecule has 0 bridgehead atoms. The average Bonchev–Trinajstić information content (AvgIpc) is 2.77. The molecule has 5 heteroatoms. The fourth-order valence-corrected chi connectivity index (χ4v) is 2.09. The lowest BCUT2D eigenvalue weighted by Gasteiger charge is -2.08. The van der Waals surface area contributed by atoms with Crippen LogP contribution in [0.3, 0.4) is 0 Å². The summed E-state index contributed by atoms with van der Waals surface area (Å²) in [6.07, 6.45) is 5.21. The van der Waals surface area contributed by atoms with Crippen molar-refractivity contribution in [2.75, 3.05) is 0 Å². The fourth-order valence-electron chi connectivity index (χ4n) is 2.09. The van der Waals surface area contributed by atoms with Crippen LogP contribution in [0.5, 0.6) is 0 Å². The zero-order chi connectivity index (χ0) is 13.1. The van der Waals surface area contributed by atoms with E-state index in [2.05, 4.69) is 21.9 Å². The van der Waals surface area contributed by atoms with Crippen molar-refractivity contribution in [3.8, 4) is 11.5 Å². The van der Waals surface area contributed by atoms with Crippen LogP contribution in [0.2, 0.25) is 0 Å². The first kappa shape index (κ1) is 12.5. The monoisotopic (exact) mass is 246 g/mol. The molecule has 2 rings (SSSR count). The molecule has 1 N–H and O–H groups in total. The molecule has 0 saturated heterocycles. The van der Waals surface area contributed by atoms with Crippen molar-refractivity contribution in [3.05, 3.63) is 34.1 Å². The first-order valence-electron chi connectivity index (χ1n) is 6.27. The maximum absolute atomic E-state index is 11.9. The Morgan fingerprint density at radius 1 is 1.39 bits per heavy atom. The highest BCUT2D eigenvalue weighted by molar-refractivity contribution is 5.48. The van der Waals surface area contributed by atoms with Crippen LogP contribution in [0.15, 0.2) is 17.3 Å². The first-order valence-corrected chi connectivity index (χ1v) is 6.27. The van der Waals surface area contributed by atoms with Gasteiger partial charge in [0.25, 0.3) is 5.56 Å². The lowest BCUT2D eigenvalue weighted by Crippen LogP contribution is -2.17. The third-order valence-corrected chi connectivity index (χ3v) is 3.00. The van der Waals surface area contributed by atoms with Gasteiger partial charge in [0.2, 0.25) is 0 Å². The minimum atomic E-state index is -0.0516. The molecule has 0 aromatic carbocycles. The van der Waals surface area contributed by atoms with Gasteiger partial charge in [-0.1, -0.05) is 13.8 Å². The Hall–Kier alpha value is -1.91. The summed E-state index contributed by atoms with van der Waals surface area (Å²) in [5.74, 6) is 0.598. The number of nitrogens with zero attached hydrogens (tertiary/aromatic N) is 3. The molecule has 0 atom stereocenters. The van der Waals surface area contributed by atoms with Gasteiger partial charge in [0.05, 0.1) is 12.5 Å². The van der Waals surface area contributed by atoms with Crippen LogP contribution in [0.1, 0.15) is 31.5 Å². The molecule has 0 unspecified atom stereocenters. The summed E-state index contributed by atoms with van der Waals surface area (Å²) in [7, 11) is 0. The highest BCUT2D eigenvalue weighted by atomic mass is 16.1. The van der Waals surface area contributed by atoms with Crippen molar-refractivity contribution in [1.82, 2.24) is 19.5 Å². The van der Waals surface area contributed by atoms with Crippen molar-refractivity contribution >= 4 is 0 Å². The second kappa shape index (κ2) is 5.16. The van der Waals surface area contributed by atoms with Gasteiger partial charge >= 0.3 is 0 Å². The predicted molar refractivity (Wildman–Crippen MR) is 70.5 cm³/mol. The fraction of sp³-hybridized carbons (Fsp3) is 0.462. The zero-order valence-electron chi connectivity index (χ0n) is 11.0. The Kier molecular flexibility index (Phi) is 3.60. The molecule has 5 nitrogen and oxygen atoms in total. The van der Waals surface area contributed by atoms with E-state index >= 15 is 0 Å². The van der Waals surface area contributed by atoms with E-state index in [1.165, 1.54) is 0 Å². The predicted octanol–water partition coefficient (Wildman–Crippen LogP) is 1.91. The number of aromatic nitrogens is 4. The minimum absolute atomic E-state index is 0.0516. The zero-order valence-corrected chi connectivity index (χ0v) is 11.0. The topological polar surface area (TPSA) is 63.6 Å². The summed E-state index contributed by atoms with van der Waals surface area (Å²) in [6.45, 7) is 6.80. The summed E-state index contributed by atoms with van der Waals surface area (Å²) >= 11 is 0. The third-order valence-electron chi connectivity index (χ3n) is 3.00. The molecule has 0 saturated carbocycles. The van der Waals surface area contributed by atoms with Gasteiger partial charge in [-0.2, -0.15) is 0 Å². The molecular formula is C13H18N4O. The molecule has 0 fully saturated rings. The Balaban J connectivity index is 2.51. The molecule has 18 heavy (non-hydrogen) atoms. The number of rotatable bonds is 4. The third kappa shape index (κ3) is 2.20. The van der Waals surface area contributed by atoms with Crippen LogP contribution in [-0.4, -0.2) is 19.5 Å². The first-order chi connectivity index (χ1) is 8.67. The van der Waals surface area contributed by atoms with E-state index in [4.69, 9.17) is 0 Å². The summed E-state index contributed by atoms with van der Waals surface area (Å²) in [6, 6.07) is 0. The summed E-state index contributed by atoms with van der Waals surface area (Å²) < 4.78 is 2.00. The van der Waals surface area contributed by atoms with Gasteiger partial charge in [-0.25, -0.2) is 9.97 Å². The van der Waals surface area contributed by atoms with E-state index in [1.54, 1.807) is 12.5 Å². The molecule has 2 heterocycles. The molecule has 0 radical (unpaired) electrons. The largest absolute Gasteiger partial charge is 0.328 e. The standard InChI is InChI=1S/C13H18N4O/c1-4-6-17-8-14-7-11(17)12-15-9(3)10(5-2)13(18)16-12/h7-8H,4-6H2,1-3H3,(H,15,16,18). The van der Waals surface area contributed by atoms with E-state index < -0.39 is 0 Å². The Labute approximate surface area is 106 Å². The normalized spacial score (nSPS) is 10.8. The number of imidazole rings is 1. The van der Waals surface area contributed by atoms with Gasteiger partial charge in [-0.3, -0.25) is 4.79 Å². The summed E-state index contributed by atoms with van der Waals surface area (Å²) in [5, 5.41) is 0. The van der Waals surface area contributed by atoms with Crippen LogP contribution in [0.4, 0.5) is 0 Å². The SMILES string of the molecule is CCCn1cncc1-c1nc(C)c(CC)c(=O)[nH]1. The highest BCUT2D eigenvalue weighted by Crippen LogP contribution is 2.14. The molecule has 96 valence electrons. The van der Waals surface area contributed by atoms with Crippen molar-refractivity contribution in [3.63, 3.8) is 0 Å². The van der Waals surface area contributed by atoms with Crippen molar-refractivity contribution in [2.24, 2.45) is 0 Å². The number of aromatic amines is 1.